The summed E-state index contributed by atoms with van der Waals surface area (Å²) >= 11 is 0. The van der Waals surface area contributed by atoms with Crippen LogP contribution >= 0.6 is 0 Å². The lowest BCUT2D eigenvalue weighted by atomic mass is 10.1. The molecule has 5 heteroatoms. The number of likely N-dealkylation sites (N-methyl/N-ethyl adjacent to an activating group) is 1. The van der Waals surface area contributed by atoms with E-state index < -0.39 is 11.5 Å². The van der Waals surface area contributed by atoms with Gasteiger partial charge < -0.3 is 20.2 Å². The summed E-state index contributed by atoms with van der Waals surface area (Å²) in [6.45, 7) is 3.29. The molecular weight excluding hydrogens is 222 g/mol. The number of carbonyl (C=O) groups is 1. The number of amides is 1. The molecule has 0 saturated heterocycles. The van der Waals surface area contributed by atoms with Gasteiger partial charge in [0.25, 0.3) is 5.91 Å². The van der Waals surface area contributed by atoms with Gasteiger partial charge in [-0.05, 0) is 32.0 Å². The molecule has 1 aromatic rings. The lowest BCUT2D eigenvalue weighted by Crippen LogP contribution is -2.39. The summed E-state index contributed by atoms with van der Waals surface area (Å²) in [6.07, 6.45) is 0. The topological polar surface area (TPSA) is 81.0 Å². The first-order valence-electron chi connectivity index (χ1n) is 5.20. The maximum atomic E-state index is 11.9. The van der Waals surface area contributed by atoms with Crippen LogP contribution in [0.1, 0.15) is 24.2 Å². The van der Waals surface area contributed by atoms with E-state index in [-0.39, 0.29) is 23.6 Å². The summed E-state index contributed by atoms with van der Waals surface area (Å²) in [4.78, 5) is 13.2. The van der Waals surface area contributed by atoms with Crippen molar-refractivity contribution in [2.24, 2.45) is 0 Å². The second kappa shape index (κ2) is 4.63. The molecule has 1 rings (SSSR count). The fourth-order valence-corrected chi connectivity index (χ4v) is 1.55. The summed E-state index contributed by atoms with van der Waals surface area (Å²) in [7, 11) is 1.52. The van der Waals surface area contributed by atoms with E-state index in [4.69, 9.17) is 0 Å². The molecule has 0 saturated carbocycles. The lowest BCUT2D eigenvalue weighted by molar-refractivity contribution is 0.0366. The smallest absolute Gasteiger partial charge is 0.257 e. The molecule has 1 amide bonds. The highest BCUT2D eigenvalue weighted by molar-refractivity contribution is 5.97. The molecule has 0 aliphatic heterocycles. The summed E-state index contributed by atoms with van der Waals surface area (Å²) in [5.74, 6) is -0.751. The normalized spacial score (nSPS) is 11.3. The van der Waals surface area contributed by atoms with Crippen molar-refractivity contribution in [3.63, 3.8) is 0 Å². The number of phenolic OH excluding ortho intramolecular Hbond substituents is 2. The standard InChI is InChI=1S/C12H17NO4/c1-12(2,17)7-13(3)11(16)9-6-8(14)4-5-10(9)15/h4-6,14-15,17H,7H2,1-3H3. The van der Waals surface area contributed by atoms with E-state index in [0.29, 0.717) is 0 Å². The maximum Gasteiger partial charge on any atom is 0.257 e. The molecule has 0 aliphatic carbocycles. The van der Waals surface area contributed by atoms with Gasteiger partial charge in [0, 0.05) is 13.6 Å². The number of nitrogens with zero attached hydrogens (tertiary/aromatic N) is 1. The van der Waals surface area contributed by atoms with Gasteiger partial charge in [0.15, 0.2) is 0 Å². The van der Waals surface area contributed by atoms with Crippen molar-refractivity contribution in [3.8, 4) is 11.5 Å². The molecule has 0 atom stereocenters. The first kappa shape index (κ1) is 13.3. The third-order valence-electron chi connectivity index (χ3n) is 2.18. The fraction of sp³-hybridized carbons (Fsp3) is 0.417. The fourth-order valence-electron chi connectivity index (χ4n) is 1.55. The van der Waals surface area contributed by atoms with E-state index >= 15 is 0 Å². The van der Waals surface area contributed by atoms with Crippen LogP contribution in [0.3, 0.4) is 0 Å². The van der Waals surface area contributed by atoms with Crippen LogP contribution in [0.25, 0.3) is 0 Å². The Morgan fingerprint density at radius 3 is 2.47 bits per heavy atom. The largest absolute Gasteiger partial charge is 0.508 e. The Balaban J connectivity index is 2.93. The molecule has 0 fully saturated rings. The Hall–Kier alpha value is -1.75. The van der Waals surface area contributed by atoms with Crippen LogP contribution in [0.5, 0.6) is 11.5 Å². The molecule has 0 unspecified atom stereocenters. The second-order valence-electron chi connectivity index (χ2n) is 4.68. The van der Waals surface area contributed by atoms with E-state index in [9.17, 15) is 20.1 Å². The van der Waals surface area contributed by atoms with Gasteiger partial charge in [-0.3, -0.25) is 4.79 Å². The Labute approximate surface area is 99.9 Å². The molecule has 1 aromatic carbocycles. The van der Waals surface area contributed by atoms with E-state index in [1.165, 1.54) is 30.1 Å². The predicted molar refractivity (Wildman–Crippen MR) is 63.0 cm³/mol. The summed E-state index contributed by atoms with van der Waals surface area (Å²) in [6, 6.07) is 3.74. The van der Waals surface area contributed by atoms with Gasteiger partial charge in [-0.25, -0.2) is 0 Å². The number of benzene rings is 1. The van der Waals surface area contributed by atoms with Gasteiger partial charge in [0.05, 0.1) is 11.2 Å². The third-order valence-corrected chi connectivity index (χ3v) is 2.18. The van der Waals surface area contributed by atoms with Crippen LogP contribution in [-0.2, 0) is 0 Å². The molecular formula is C12H17NO4. The molecule has 0 spiro atoms. The van der Waals surface area contributed by atoms with Crippen LogP contribution in [0.4, 0.5) is 0 Å². The zero-order valence-electron chi connectivity index (χ0n) is 10.1. The van der Waals surface area contributed by atoms with Crippen molar-refractivity contribution in [3.05, 3.63) is 23.8 Å². The van der Waals surface area contributed by atoms with Crippen LogP contribution in [0.15, 0.2) is 18.2 Å². The molecule has 0 aromatic heterocycles. The van der Waals surface area contributed by atoms with Gasteiger partial charge in [-0.2, -0.15) is 0 Å². The van der Waals surface area contributed by atoms with Crippen molar-refractivity contribution >= 4 is 5.91 Å². The molecule has 3 N–H and O–H groups in total. The third kappa shape index (κ3) is 3.64. The van der Waals surface area contributed by atoms with Crippen LogP contribution in [0, 0.1) is 0 Å². The zero-order valence-corrected chi connectivity index (χ0v) is 10.1. The summed E-state index contributed by atoms with van der Waals surface area (Å²) < 4.78 is 0. The minimum Gasteiger partial charge on any atom is -0.508 e. The summed E-state index contributed by atoms with van der Waals surface area (Å²) in [5, 5.41) is 28.4. The van der Waals surface area contributed by atoms with Crippen molar-refractivity contribution in [2.75, 3.05) is 13.6 Å². The molecule has 17 heavy (non-hydrogen) atoms. The number of phenols is 2. The molecule has 0 heterocycles. The Kier molecular flexibility index (Phi) is 3.63. The lowest BCUT2D eigenvalue weighted by Gasteiger charge is -2.25. The van der Waals surface area contributed by atoms with E-state index in [0.717, 1.165) is 0 Å². The zero-order chi connectivity index (χ0) is 13.2. The van der Waals surface area contributed by atoms with E-state index in [1.54, 1.807) is 13.8 Å². The molecule has 0 bridgehead atoms. The van der Waals surface area contributed by atoms with E-state index in [1.807, 2.05) is 0 Å². The average molecular weight is 239 g/mol. The second-order valence-corrected chi connectivity index (χ2v) is 4.68. The minimum atomic E-state index is -1.02. The van der Waals surface area contributed by atoms with Crippen molar-refractivity contribution in [1.29, 1.82) is 0 Å². The summed E-state index contributed by atoms with van der Waals surface area (Å²) in [5.41, 5.74) is -1.01. The number of hydrogen-bond acceptors (Lipinski definition) is 4. The highest BCUT2D eigenvalue weighted by Crippen LogP contribution is 2.23. The van der Waals surface area contributed by atoms with Crippen LogP contribution in [-0.4, -0.2) is 45.3 Å². The highest BCUT2D eigenvalue weighted by atomic mass is 16.3. The molecule has 0 aliphatic rings. The quantitative estimate of drug-likeness (QED) is 0.686. The van der Waals surface area contributed by atoms with Crippen molar-refractivity contribution in [2.45, 2.75) is 19.4 Å². The SMILES string of the molecule is CN(CC(C)(C)O)C(=O)c1cc(O)ccc1O. The first-order valence-corrected chi connectivity index (χ1v) is 5.20. The number of aromatic hydroxyl groups is 2. The van der Waals surface area contributed by atoms with Crippen molar-refractivity contribution < 1.29 is 20.1 Å². The van der Waals surface area contributed by atoms with Gasteiger partial charge in [0.2, 0.25) is 0 Å². The van der Waals surface area contributed by atoms with Gasteiger partial charge in [0.1, 0.15) is 11.5 Å². The predicted octanol–water partition coefficient (Wildman–Crippen LogP) is 0.941. The maximum absolute atomic E-state index is 11.9. The Morgan fingerprint density at radius 2 is 1.94 bits per heavy atom. The number of hydrogen-bond donors (Lipinski definition) is 3. The first-order chi connectivity index (χ1) is 7.70. The van der Waals surface area contributed by atoms with Gasteiger partial charge in [-0.1, -0.05) is 0 Å². The molecule has 5 nitrogen and oxygen atoms in total. The number of carbonyl (C=O) groups excluding carboxylic acids is 1. The Bertz CT molecular complexity index is 423. The monoisotopic (exact) mass is 239 g/mol. The number of rotatable bonds is 3. The van der Waals surface area contributed by atoms with Gasteiger partial charge >= 0.3 is 0 Å². The molecule has 94 valence electrons. The van der Waals surface area contributed by atoms with Crippen LogP contribution < -0.4 is 0 Å². The van der Waals surface area contributed by atoms with E-state index in [2.05, 4.69) is 0 Å². The number of aliphatic hydroxyl groups is 1. The molecule has 0 radical (unpaired) electrons. The average Bonchev–Trinajstić information content (AvgIpc) is 2.18. The van der Waals surface area contributed by atoms with Crippen molar-refractivity contribution in [1.82, 2.24) is 4.90 Å². The minimum absolute atomic E-state index is 0.0109. The van der Waals surface area contributed by atoms with Crippen LogP contribution in [0.2, 0.25) is 0 Å². The van der Waals surface area contributed by atoms with Gasteiger partial charge in [-0.15, -0.1) is 0 Å². The Morgan fingerprint density at radius 1 is 1.35 bits per heavy atom. The highest BCUT2D eigenvalue weighted by Gasteiger charge is 2.22.